The lowest BCUT2D eigenvalue weighted by molar-refractivity contribution is -0.119. The van der Waals surface area contributed by atoms with Gasteiger partial charge in [-0.15, -0.1) is 0 Å². The fourth-order valence-corrected chi connectivity index (χ4v) is 5.54. The number of nitrogens with zero attached hydrogens (tertiary/aromatic N) is 2. The molecule has 0 radical (unpaired) electrons. The van der Waals surface area contributed by atoms with Gasteiger partial charge in [0, 0.05) is 22.0 Å². The summed E-state index contributed by atoms with van der Waals surface area (Å²) in [6.07, 6.45) is -0.00542. The molecule has 1 saturated heterocycles. The number of ether oxygens (including phenoxy) is 1. The average molecular weight is 537 g/mol. The monoisotopic (exact) mass is 536 g/mol. The quantitative estimate of drug-likeness (QED) is 0.377. The van der Waals surface area contributed by atoms with Gasteiger partial charge in [-0.05, 0) is 72.5 Å². The number of hydrogen-bond acceptors (Lipinski definition) is 4. The minimum Gasteiger partial charge on any atom is -0.478 e. The van der Waals surface area contributed by atoms with Crippen molar-refractivity contribution in [1.29, 1.82) is 0 Å². The highest BCUT2D eigenvalue weighted by molar-refractivity contribution is 6.30. The Kier molecular flexibility index (Phi) is 6.61. The molecule has 1 heterocycles. The number of aromatic carboxylic acids is 1. The summed E-state index contributed by atoms with van der Waals surface area (Å²) in [6, 6.07) is 17.3. The first kappa shape index (κ1) is 25.7. The van der Waals surface area contributed by atoms with E-state index in [9.17, 15) is 23.9 Å². The summed E-state index contributed by atoms with van der Waals surface area (Å²) in [4.78, 5) is 41.3. The lowest BCUT2D eigenvalue weighted by Gasteiger charge is -2.28. The van der Waals surface area contributed by atoms with Gasteiger partial charge in [0.25, 0.3) is 0 Å². The van der Waals surface area contributed by atoms with E-state index in [0.29, 0.717) is 22.8 Å². The Hall–Kier alpha value is -3.91. The normalized spacial score (nSPS) is 20.4. The van der Waals surface area contributed by atoms with E-state index in [1.807, 2.05) is 12.1 Å². The van der Waals surface area contributed by atoms with E-state index in [0.717, 1.165) is 5.56 Å². The third kappa shape index (κ3) is 4.49. The fourth-order valence-electron chi connectivity index (χ4n) is 5.42. The van der Waals surface area contributed by atoms with Crippen molar-refractivity contribution in [2.45, 2.75) is 25.7 Å². The van der Waals surface area contributed by atoms with Crippen LogP contribution in [-0.2, 0) is 14.9 Å². The zero-order chi connectivity index (χ0) is 27.2. The van der Waals surface area contributed by atoms with E-state index in [4.69, 9.17) is 16.3 Å². The Labute approximate surface area is 224 Å². The summed E-state index contributed by atoms with van der Waals surface area (Å²) in [6.45, 7) is 4.55. The summed E-state index contributed by atoms with van der Waals surface area (Å²) < 4.78 is 18.9. The highest BCUT2D eigenvalue weighted by atomic mass is 35.5. The molecule has 2 aliphatic rings. The van der Waals surface area contributed by atoms with Gasteiger partial charge in [-0.2, -0.15) is 0 Å². The predicted octanol–water partition coefficient (Wildman–Crippen LogP) is 6.41. The van der Waals surface area contributed by atoms with Gasteiger partial charge in [0.05, 0.1) is 23.5 Å². The zero-order valence-corrected chi connectivity index (χ0v) is 21.6. The van der Waals surface area contributed by atoms with Crippen molar-refractivity contribution in [3.63, 3.8) is 0 Å². The maximum atomic E-state index is 14.3. The van der Waals surface area contributed by atoms with Gasteiger partial charge >= 0.3 is 12.1 Å². The Balaban J connectivity index is 1.62. The van der Waals surface area contributed by atoms with Crippen molar-refractivity contribution < 1.29 is 28.6 Å². The van der Waals surface area contributed by atoms with E-state index in [2.05, 4.69) is 13.8 Å². The van der Waals surface area contributed by atoms with Crippen molar-refractivity contribution in [2.75, 3.05) is 23.0 Å². The number of carbonyl (C=O) groups is 3. The Morgan fingerprint density at radius 1 is 1.08 bits per heavy atom. The van der Waals surface area contributed by atoms with Crippen molar-refractivity contribution in [3.05, 3.63) is 88.7 Å². The van der Waals surface area contributed by atoms with Gasteiger partial charge in [-0.25, -0.2) is 14.0 Å². The number of cyclic esters (lactones) is 1. The molecule has 0 bridgehead atoms. The Morgan fingerprint density at radius 2 is 1.76 bits per heavy atom. The van der Waals surface area contributed by atoms with Crippen LogP contribution in [0.15, 0.2) is 66.7 Å². The second-order valence-electron chi connectivity index (χ2n) is 9.92. The smallest absolute Gasteiger partial charge is 0.414 e. The predicted molar refractivity (Wildman–Crippen MR) is 142 cm³/mol. The van der Waals surface area contributed by atoms with Gasteiger partial charge < -0.3 is 9.84 Å². The molecule has 1 N–H and O–H groups in total. The molecule has 0 unspecified atom stereocenters. The number of carboxylic acid groups (broad SMARTS) is 1. The maximum absolute atomic E-state index is 14.3. The molecule has 1 aliphatic carbocycles. The summed E-state index contributed by atoms with van der Waals surface area (Å²) in [7, 11) is 0. The van der Waals surface area contributed by atoms with Crippen molar-refractivity contribution in [1.82, 2.24) is 0 Å². The number of carbonyl (C=O) groups excluding carboxylic acids is 2. The van der Waals surface area contributed by atoms with Crippen LogP contribution in [0.5, 0.6) is 0 Å². The van der Waals surface area contributed by atoms with Gasteiger partial charge in [0.1, 0.15) is 12.4 Å². The van der Waals surface area contributed by atoms with Crippen LogP contribution in [0.2, 0.25) is 5.02 Å². The third-order valence-electron chi connectivity index (χ3n) is 7.50. The molecular weight excluding hydrogens is 511 g/mol. The standard InChI is InChI=1S/C29H26ClFN2O5/c1-17(2)29(19-3-5-20(30)6-4-19)16-25(29)26(34)33(22-9-7-21(31)8-10-22)24-14-18(27(35)36)13-23(15-24)32-11-12-38-28(32)37/h3-10,13-15,17,25H,11-12,16H2,1-2H3,(H,35,36)/t25-,29-/m1/s1. The van der Waals surface area contributed by atoms with Gasteiger partial charge in [-0.3, -0.25) is 14.6 Å². The van der Waals surface area contributed by atoms with Crippen LogP contribution in [0.4, 0.5) is 26.2 Å². The number of halogens is 2. The van der Waals surface area contributed by atoms with E-state index in [-0.39, 0.29) is 36.2 Å². The number of anilines is 3. The molecule has 3 aromatic rings. The third-order valence-corrected chi connectivity index (χ3v) is 7.75. The molecule has 38 heavy (non-hydrogen) atoms. The van der Waals surface area contributed by atoms with E-state index in [1.54, 1.807) is 18.2 Å². The summed E-state index contributed by atoms with van der Waals surface area (Å²) in [5.41, 5.74) is 1.40. The topological polar surface area (TPSA) is 87.2 Å². The largest absolute Gasteiger partial charge is 0.478 e. The van der Waals surface area contributed by atoms with Crippen LogP contribution in [0.25, 0.3) is 0 Å². The van der Waals surface area contributed by atoms with Gasteiger partial charge in [0.15, 0.2) is 0 Å². The number of benzene rings is 3. The highest BCUT2D eigenvalue weighted by Crippen LogP contribution is 2.60. The molecule has 1 aliphatic heterocycles. The second-order valence-corrected chi connectivity index (χ2v) is 10.4. The summed E-state index contributed by atoms with van der Waals surface area (Å²) >= 11 is 6.11. The van der Waals surface area contributed by atoms with E-state index in [1.165, 1.54) is 46.2 Å². The number of rotatable bonds is 7. The Morgan fingerprint density at radius 3 is 2.34 bits per heavy atom. The fraction of sp³-hybridized carbons (Fsp3) is 0.276. The van der Waals surface area contributed by atoms with Crippen molar-refractivity contribution in [3.8, 4) is 0 Å². The highest BCUT2D eigenvalue weighted by Gasteiger charge is 2.61. The minimum atomic E-state index is -1.21. The van der Waals surface area contributed by atoms with Gasteiger partial charge in [-0.1, -0.05) is 37.6 Å². The maximum Gasteiger partial charge on any atom is 0.414 e. The van der Waals surface area contributed by atoms with Crippen LogP contribution in [0, 0.1) is 17.7 Å². The van der Waals surface area contributed by atoms with Crippen LogP contribution in [0.1, 0.15) is 36.2 Å². The molecule has 0 spiro atoms. The Bertz CT molecular complexity index is 1410. The van der Waals surface area contributed by atoms with Crippen molar-refractivity contribution in [2.24, 2.45) is 11.8 Å². The first-order chi connectivity index (χ1) is 18.1. The molecule has 5 rings (SSSR count). The number of amides is 2. The minimum absolute atomic E-state index is 0.0965. The van der Waals surface area contributed by atoms with Crippen LogP contribution in [-0.4, -0.2) is 36.2 Å². The first-order valence-electron chi connectivity index (χ1n) is 12.3. The summed E-state index contributed by atoms with van der Waals surface area (Å²) in [5, 5.41) is 10.4. The lowest BCUT2D eigenvalue weighted by atomic mass is 9.82. The van der Waals surface area contributed by atoms with Crippen LogP contribution in [0.3, 0.4) is 0 Å². The molecule has 0 aromatic heterocycles. The van der Waals surface area contributed by atoms with Crippen LogP contribution >= 0.6 is 11.6 Å². The molecule has 2 atom stereocenters. The molecule has 7 nitrogen and oxygen atoms in total. The number of carboxylic acids is 1. The molecule has 2 amide bonds. The molecular formula is C29H26ClFN2O5. The molecule has 3 aromatic carbocycles. The summed E-state index contributed by atoms with van der Waals surface area (Å²) in [5.74, 6) is -2.23. The SMILES string of the molecule is CC(C)[C@@]1(c2ccc(Cl)cc2)C[C@@H]1C(=O)N(c1ccc(F)cc1)c1cc(C(=O)O)cc(N2CCOC2=O)c1. The first-order valence-corrected chi connectivity index (χ1v) is 12.7. The zero-order valence-electron chi connectivity index (χ0n) is 20.9. The van der Waals surface area contributed by atoms with E-state index >= 15 is 0 Å². The van der Waals surface area contributed by atoms with E-state index < -0.39 is 29.2 Å². The lowest BCUT2D eigenvalue weighted by Crippen LogP contribution is -2.33. The number of hydrogen-bond donors (Lipinski definition) is 1. The molecule has 196 valence electrons. The van der Waals surface area contributed by atoms with Crippen LogP contribution < -0.4 is 9.80 Å². The second kappa shape index (κ2) is 9.76. The van der Waals surface area contributed by atoms with Crippen molar-refractivity contribution >= 4 is 46.6 Å². The average Bonchev–Trinajstić information content (AvgIpc) is 3.52. The van der Waals surface area contributed by atoms with Gasteiger partial charge in [0.2, 0.25) is 5.91 Å². The molecule has 2 fully saturated rings. The molecule has 1 saturated carbocycles. The molecule has 9 heteroatoms.